The average molecular weight is 195 g/mol. The predicted molar refractivity (Wildman–Crippen MR) is 59.3 cm³/mol. The third kappa shape index (κ3) is 1.29. The molecule has 3 nitrogen and oxygen atoms in total. The minimum absolute atomic E-state index is 1.05. The number of aromatic amines is 1. The smallest absolute Gasteiger partial charge is 0.0646 e. The lowest BCUT2D eigenvalue weighted by Crippen LogP contribution is -1.77. The van der Waals surface area contributed by atoms with Crippen molar-refractivity contribution in [3.05, 3.63) is 49.2 Å². The average Bonchev–Trinajstić information content (AvgIpc) is 2.74. The molecule has 3 heterocycles. The Bertz CT molecular complexity index is 584. The number of rotatable bonds is 1. The number of nitrogens with zero attached hydrogens (tertiary/aromatic N) is 2. The van der Waals surface area contributed by atoms with Gasteiger partial charge in [-0.3, -0.25) is 9.97 Å². The largest absolute Gasteiger partial charge is 0.359 e. The summed E-state index contributed by atoms with van der Waals surface area (Å²) in [5.41, 5.74) is 3.34. The molecule has 0 spiro atoms. The third-order valence-corrected chi connectivity index (χ3v) is 2.46. The van der Waals surface area contributed by atoms with Crippen LogP contribution < -0.4 is 0 Å². The van der Waals surface area contributed by atoms with Crippen molar-refractivity contribution in [3.8, 4) is 11.1 Å². The highest BCUT2D eigenvalue weighted by atomic mass is 14.7. The van der Waals surface area contributed by atoms with Crippen LogP contribution in [0.4, 0.5) is 0 Å². The standard InChI is InChI=1S/C12H9N3/c1-2-9(6-13-4-1)11-7-15-12-8-14-5-3-10(11)12/h1-8,15H. The molecular formula is C12H9N3. The van der Waals surface area contributed by atoms with Crippen molar-refractivity contribution in [2.45, 2.75) is 0 Å². The SMILES string of the molecule is c1cncc(-c2c[nH]c3cnccc23)c1. The van der Waals surface area contributed by atoms with Gasteiger partial charge in [-0.05, 0) is 12.1 Å². The Morgan fingerprint density at radius 1 is 1.00 bits per heavy atom. The summed E-state index contributed by atoms with van der Waals surface area (Å²) in [4.78, 5) is 11.4. The van der Waals surface area contributed by atoms with Crippen molar-refractivity contribution in [2.75, 3.05) is 0 Å². The zero-order valence-corrected chi connectivity index (χ0v) is 8.01. The number of pyridine rings is 2. The van der Waals surface area contributed by atoms with Crippen molar-refractivity contribution in [1.82, 2.24) is 15.0 Å². The molecule has 3 aromatic rings. The van der Waals surface area contributed by atoms with Crippen LogP contribution in [0.2, 0.25) is 0 Å². The molecule has 0 saturated carbocycles. The summed E-state index contributed by atoms with van der Waals surface area (Å²) >= 11 is 0. The Morgan fingerprint density at radius 2 is 1.93 bits per heavy atom. The van der Waals surface area contributed by atoms with Crippen molar-refractivity contribution in [3.63, 3.8) is 0 Å². The molecule has 15 heavy (non-hydrogen) atoms. The first-order valence-corrected chi connectivity index (χ1v) is 4.76. The molecule has 0 saturated heterocycles. The van der Waals surface area contributed by atoms with Crippen LogP contribution in [0.25, 0.3) is 22.0 Å². The zero-order chi connectivity index (χ0) is 10.1. The van der Waals surface area contributed by atoms with Crippen LogP contribution >= 0.6 is 0 Å². The molecule has 1 N–H and O–H groups in total. The first-order chi connectivity index (χ1) is 7.45. The Labute approximate surface area is 86.8 Å². The summed E-state index contributed by atoms with van der Waals surface area (Å²) in [6.45, 7) is 0. The fourth-order valence-corrected chi connectivity index (χ4v) is 1.73. The van der Waals surface area contributed by atoms with Gasteiger partial charge in [0.15, 0.2) is 0 Å². The Balaban J connectivity index is 2.28. The normalized spacial score (nSPS) is 10.7. The molecule has 3 aromatic heterocycles. The first kappa shape index (κ1) is 8.17. The van der Waals surface area contributed by atoms with Gasteiger partial charge in [0.2, 0.25) is 0 Å². The molecule has 0 atom stereocenters. The highest BCUT2D eigenvalue weighted by Crippen LogP contribution is 2.26. The summed E-state index contributed by atoms with van der Waals surface area (Å²) in [7, 11) is 0. The number of nitrogens with one attached hydrogen (secondary N) is 1. The van der Waals surface area contributed by atoms with E-state index in [9.17, 15) is 0 Å². The first-order valence-electron chi connectivity index (χ1n) is 4.76. The molecule has 0 aliphatic rings. The van der Waals surface area contributed by atoms with E-state index in [1.807, 2.05) is 30.7 Å². The zero-order valence-electron chi connectivity index (χ0n) is 8.01. The van der Waals surface area contributed by atoms with Crippen LogP contribution in [0.1, 0.15) is 0 Å². The van der Waals surface area contributed by atoms with Crippen LogP contribution in [0.3, 0.4) is 0 Å². The van der Waals surface area contributed by atoms with Gasteiger partial charge < -0.3 is 4.98 Å². The lowest BCUT2D eigenvalue weighted by Gasteiger charge is -1.97. The molecule has 72 valence electrons. The van der Waals surface area contributed by atoms with E-state index in [-0.39, 0.29) is 0 Å². The van der Waals surface area contributed by atoms with Gasteiger partial charge >= 0.3 is 0 Å². The van der Waals surface area contributed by atoms with Gasteiger partial charge in [0.1, 0.15) is 0 Å². The fourth-order valence-electron chi connectivity index (χ4n) is 1.73. The predicted octanol–water partition coefficient (Wildman–Crippen LogP) is 2.62. The van der Waals surface area contributed by atoms with Crippen LogP contribution in [0.15, 0.2) is 49.2 Å². The molecule has 3 rings (SSSR count). The lowest BCUT2D eigenvalue weighted by molar-refractivity contribution is 1.33. The van der Waals surface area contributed by atoms with Gasteiger partial charge in [-0.1, -0.05) is 6.07 Å². The highest BCUT2D eigenvalue weighted by molar-refractivity contribution is 5.94. The molecule has 0 unspecified atom stereocenters. The second kappa shape index (κ2) is 3.20. The minimum Gasteiger partial charge on any atom is -0.359 e. The van der Waals surface area contributed by atoms with E-state index in [4.69, 9.17) is 0 Å². The summed E-state index contributed by atoms with van der Waals surface area (Å²) in [6, 6.07) is 6.00. The maximum Gasteiger partial charge on any atom is 0.0646 e. The topological polar surface area (TPSA) is 41.6 Å². The number of hydrogen-bond donors (Lipinski definition) is 1. The molecular weight excluding hydrogens is 186 g/mol. The monoisotopic (exact) mass is 195 g/mol. The maximum absolute atomic E-state index is 4.12. The Morgan fingerprint density at radius 3 is 2.80 bits per heavy atom. The molecule has 0 aliphatic carbocycles. The van der Waals surface area contributed by atoms with Gasteiger partial charge in [0.05, 0.1) is 11.7 Å². The van der Waals surface area contributed by atoms with Gasteiger partial charge in [-0.2, -0.15) is 0 Å². The van der Waals surface area contributed by atoms with E-state index < -0.39 is 0 Å². The van der Waals surface area contributed by atoms with Crippen LogP contribution in [0, 0.1) is 0 Å². The minimum atomic E-state index is 1.05. The third-order valence-electron chi connectivity index (χ3n) is 2.46. The quantitative estimate of drug-likeness (QED) is 0.648. The molecule has 0 amide bonds. The second-order valence-corrected chi connectivity index (χ2v) is 3.37. The highest BCUT2D eigenvalue weighted by Gasteiger charge is 2.04. The van der Waals surface area contributed by atoms with Crippen molar-refractivity contribution < 1.29 is 0 Å². The second-order valence-electron chi connectivity index (χ2n) is 3.37. The number of H-pyrrole nitrogens is 1. The number of hydrogen-bond acceptors (Lipinski definition) is 2. The van der Waals surface area contributed by atoms with E-state index in [1.54, 1.807) is 12.4 Å². The van der Waals surface area contributed by atoms with E-state index in [1.165, 1.54) is 10.9 Å². The molecule has 0 aliphatic heterocycles. The Kier molecular flexibility index (Phi) is 1.75. The van der Waals surface area contributed by atoms with E-state index in [0.29, 0.717) is 0 Å². The lowest BCUT2D eigenvalue weighted by atomic mass is 10.1. The van der Waals surface area contributed by atoms with Crippen LogP contribution in [-0.4, -0.2) is 15.0 Å². The maximum atomic E-state index is 4.12. The molecule has 0 aromatic carbocycles. The van der Waals surface area contributed by atoms with Crippen molar-refractivity contribution >= 4 is 10.9 Å². The van der Waals surface area contributed by atoms with Crippen LogP contribution in [-0.2, 0) is 0 Å². The summed E-state index contributed by atoms with van der Waals surface area (Å²) < 4.78 is 0. The summed E-state index contributed by atoms with van der Waals surface area (Å²) in [5, 5.41) is 1.18. The molecule has 3 heteroatoms. The van der Waals surface area contributed by atoms with Crippen molar-refractivity contribution in [2.24, 2.45) is 0 Å². The van der Waals surface area contributed by atoms with Gasteiger partial charge in [0, 0.05) is 41.3 Å². The molecule has 0 fully saturated rings. The fraction of sp³-hybridized carbons (Fsp3) is 0. The Hall–Kier alpha value is -2.16. The number of fused-ring (bicyclic) bond motifs is 1. The summed E-state index contributed by atoms with van der Waals surface area (Å²) in [6.07, 6.45) is 9.26. The summed E-state index contributed by atoms with van der Waals surface area (Å²) in [5.74, 6) is 0. The van der Waals surface area contributed by atoms with E-state index in [2.05, 4.69) is 21.0 Å². The molecule has 0 bridgehead atoms. The van der Waals surface area contributed by atoms with Crippen LogP contribution in [0.5, 0.6) is 0 Å². The molecule has 0 radical (unpaired) electrons. The van der Waals surface area contributed by atoms with E-state index >= 15 is 0 Å². The number of aromatic nitrogens is 3. The van der Waals surface area contributed by atoms with Gasteiger partial charge in [-0.25, -0.2) is 0 Å². The van der Waals surface area contributed by atoms with Gasteiger partial charge in [-0.15, -0.1) is 0 Å². The van der Waals surface area contributed by atoms with Crippen molar-refractivity contribution in [1.29, 1.82) is 0 Å². The van der Waals surface area contributed by atoms with E-state index in [0.717, 1.165) is 11.1 Å². The van der Waals surface area contributed by atoms with Gasteiger partial charge in [0.25, 0.3) is 0 Å².